The van der Waals surface area contributed by atoms with Crippen molar-refractivity contribution in [3.63, 3.8) is 0 Å². The average molecular weight is 378 g/mol. The van der Waals surface area contributed by atoms with E-state index < -0.39 is 5.51 Å². The van der Waals surface area contributed by atoms with E-state index in [1.165, 1.54) is 0 Å². The van der Waals surface area contributed by atoms with Gasteiger partial charge in [-0.3, -0.25) is 0 Å². The summed E-state index contributed by atoms with van der Waals surface area (Å²) in [5.74, 6) is 0. The van der Waals surface area contributed by atoms with Crippen LogP contribution in [0, 0.1) is 0 Å². The van der Waals surface area contributed by atoms with Crippen LogP contribution in [0.4, 0.5) is 13.2 Å². The molecule has 0 amide bonds. The Hall–Kier alpha value is 0.320. The molecule has 1 aromatic carbocycles. The Morgan fingerprint density at radius 3 is 2.50 bits per heavy atom. The van der Waals surface area contributed by atoms with E-state index in [1.807, 2.05) is 6.07 Å². The van der Waals surface area contributed by atoms with E-state index >= 15 is 0 Å². The van der Waals surface area contributed by atoms with Crippen LogP contribution in [-0.2, 0) is 6.42 Å². The summed E-state index contributed by atoms with van der Waals surface area (Å²) >= 11 is 6.33. The van der Waals surface area contributed by atoms with Gasteiger partial charge in [0.15, 0.2) is 0 Å². The van der Waals surface area contributed by atoms with Gasteiger partial charge >= 0.3 is 5.51 Å². The van der Waals surface area contributed by atoms with Crippen LogP contribution in [0.1, 0.15) is 12.0 Å². The molecule has 0 bridgehead atoms. The topological polar surface area (TPSA) is 0 Å². The number of alkyl halides is 4. The Labute approximate surface area is 113 Å². The summed E-state index contributed by atoms with van der Waals surface area (Å²) in [5.41, 5.74) is -3.31. The van der Waals surface area contributed by atoms with Crippen LogP contribution in [0.25, 0.3) is 0 Å². The largest absolute Gasteiger partial charge is 0.446 e. The van der Waals surface area contributed by atoms with Gasteiger partial charge in [0.25, 0.3) is 0 Å². The van der Waals surface area contributed by atoms with Gasteiger partial charge in [-0.05, 0) is 58.2 Å². The second-order valence-corrected chi connectivity index (χ2v) is 5.86. The zero-order valence-corrected chi connectivity index (χ0v) is 12.1. The van der Waals surface area contributed by atoms with E-state index in [9.17, 15) is 13.2 Å². The van der Waals surface area contributed by atoms with Crippen LogP contribution in [0.2, 0.25) is 0 Å². The first-order valence-corrected chi connectivity index (χ1v) is 7.25. The summed E-state index contributed by atoms with van der Waals surface area (Å²) in [6, 6.07) is 5.09. The minimum Gasteiger partial charge on any atom is -0.160 e. The maximum atomic E-state index is 12.2. The fraction of sp³-hybridized carbons (Fsp3) is 0.400. The summed E-state index contributed by atoms with van der Waals surface area (Å²) in [6.07, 6.45) is 1.70. The molecule has 0 N–H and O–H groups in total. The lowest BCUT2D eigenvalue weighted by molar-refractivity contribution is -0.0328. The molecule has 0 spiro atoms. The van der Waals surface area contributed by atoms with Gasteiger partial charge in [0.05, 0.1) is 0 Å². The number of aryl methyl sites for hydroxylation is 1. The van der Waals surface area contributed by atoms with Crippen LogP contribution < -0.4 is 0 Å². The van der Waals surface area contributed by atoms with Crippen LogP contribution >= 0.6 is 43.6 Å². The Morgan fingerprint density at radius 1 is 1.25 bits per heavy atom. The van der Waals surface area contributed by atoms with Crippen molar-refractivity contribution in [2.24, 2.45) is 0 Å². The monoisotopic (exact) mass is 376 g/mol. The number of thioether (sulfide) groups is 1. The molecule has 0 heterocycles. The fourth-order valence-corrected chi connectivity index (χ4v) is 2.57. The van der Waals surface area contributed by atoms with Crippen molar-refractivity contribution in [2.45, 2.75) is 23.2 Å². The van der Waals surface area contributed by atoms with Crippen LogP contribution in [0.3, 0.4) is 0 Å². The molecule has 0 unspecified atom stereocenters. The summed E-state index contributed by atoms with van der Waals surface area (Å²) in [5, 5.41) is 0.852. The van der Waals surface area contributed by atoms with Crippen LogP contribution in [0.5, 0.6) is 0 Å². The Morgan fingerprint density at radius 2 is 1.94 bits per heavy atom. The minimum absolute atomic E-state index is 0.0836. The van der Waals surface area contributed by atoms with Crippen molar-refractivity contribution in [1.82, 2.24) is 0 Å². The first-order chi connectivity index (χ1) is 7.42. The maximum absolute atomic E-state index is 12.2. The first-order valence-electron chi connectivity index (χ1n) is 4.52. The molecule has 0 saturated carbocycles. The molecular formula is C10H9Br2F3S. The van der Waals surface area contributed by atoms with Gasteiger partial charge in [-0.1, -0.05) is 22.0 Å². The molecule has 16 heavy (non-hydrogen) atoms. The molecule has 0 radical (unpaired) electrons. The first kappa shape index (κ1) is 14.4. The summed E-state index contributed by atoms with van der Waals surface area (Å²) < 4.78 is 37.2. The quantitative estimate of drug-likeness (QED) is 0.500. The van der Waals surface area contributed by atoms with E-state index in [4.69, 9.17) is 0 Å². The highest BCUT2D eigenvalue weighted by atomic mass is 79.9. The van der Waals surface area contributed by atoms with Crippen molar-refractivity contribution >= 4 is 43.6 Å². The normalized spacial score (nSPS) is 11.8. The van der Waals surface area contributed by atoms with Crippen LogP contribution in [-0.4, -0.2) is 10.8 Å². The number of halogens is 5. The molecule has 0 aliphatic rings. The van der Waals surface area contributed by atoms with E-state index in [1.54, 1.807) is 12.1 Å². The van der Waals surface area contributed by atoms with Crippen molar-refractivity contribution in [1.29, 1.82) is 0 Å². The van der Waals surface area contributed by atoms with Crippen molar-refractivity contribution in [3.05, 3.63) is 28.2 Å². The highest BCUT2D eigenvalue weighted by Crippen LogP contribution is 2.40. The lowest BCUT2D eigenvalue weighted by Gasteiger charge is -2.09. The molecule has 1 aromatic rings. The Bertz CT molecular complexity index is 352. The van der Waals surface area contributed by atoms with Crippen LogP contribution in [0.15, 0.2) is 27.6 Å². The maximum Gasteiger partial charge on any atom is 0.446 e. The molecule has 0 atom stereocenters. The predicted molar refractivity (Wildman–Crippen MR) is 68.2 cm³/mol. The smallest absolute Gasteiger partial charge is 0.160 e. The minimum atomic E-state index is -4.24. The lowest BCUT2D eigenvalue weighted by atomic mass is 10.1. The molecule has 0 fully saturated rings. The van der Waals surface area contributed by atoms with E-state index in [0.29, 0.717) is 4.47 Å². The van der Waals surface area contributed by atoms with Crippen molar-refractivity contribution in [3.8, 4) is 0 Å². The molecule has 6 heteroatoms. The number of hydrogen-bond acceptors (Lipinski definition) is 1. The van der Waals surface area contributed by atoms with Gasteiger partial charge in [-0.2, -0.15) is 13.2 Å². The van der Waals surface area contributed by atoms with Gasteiger partial charge in [0, 0.05) is 14.7 Å². The van der Waals surface area contributed by atoms with Gasteiger partial charge in [0.2, 0.25) is 0 Å². The van der Waals surface area contributed by atoms with E-state index in [2.05, 4.69) is 31.9 Å². The van der Waals surface area contributed by atoms with E-state index in [0.717, 1.165) is 23.7 Å². The predicted octanol–water partition coefficient (Wildman–Crippen LogP) is 5.39. The highest BCUT2D eigenvalue weighted by Gasteiger charge is 2.30. The highest BCUT2D eigenvalue weighted by molar-refractivity contribution is 9.10. The number of hydrogen-bond donors (Lipinski definition) is 0. The number of rotatable bonds is 4. The van der Waals surface area contributed by atoms with E-state index in [-0.39, 0.29) is 16.7 Å². The molecule has 0 nitrogen and oxygen atoms in total. The van der Waals surface area contributed by atoms with Gasteiger partial charge < -0.3 is 0 Å². The molecule has 0 aromatic heterocycles. The zero-order valence-electron chi connectivity index (χ0n) is 8.15. The van der Waals surface area contributed by atoms with Crippen molar-refractivity contribution < 1.29 is 13.2 Å². The van der Waals surface area contributed by atoms with Gasteiger partial charge in [0.1, 0.15) is 0 Å². The third kappa shape index (κ3) is 5.10. The third-order valence-corrected chi connectivity index (χ3v) is 4.12. The SMILES string of the molecule is FC(F)(F)Sc1cc(CCCBr)ccc1Br. The second-order valence-electron chi connectivity index (χ2n) is 3.11. The fourth-order valence-electron chi connectivity index (χ4n) is 1.18. The molecule has 1 rings (SSSR count). The summed E-state index contributed by atoms with van der Waals surface area (Å²) in [7, 11) is 0. The molecular weight excluding hydrogens is 369 g/mol. The molecule has 90 valence electrons. The Kier molecular flexibility index (Phi) is 5.67. The second kappa shape index (κ2) is 6.31. The van der Waals surface area contributed by atoms with Crippen molar-refractivity contribution in [2.75, 3.05) is 5.33 Å². The standard InChI is InChI=1S/C10H9Br2F3S/c11-5-1-2-7-3-4-8(12)9(6-7)16-10(13,14)15/h3-4,6H,1-2,5H2. The third-order valence-electron chi connectivity index (χ3n) is 1.82. The summed E-state index contributed by atoms with van der Waals surface area (Å²) in [6.45, 7) is 0. The number of benzene rings is 1. The van der Waals surface area contributed by atoms with Gasteiger partial charge in [-0.25, -0.2) is 0 Å². The molecule has 0 aliphatic heterocycles. The summed E-state index contributed by atoms with van der Waals surface area (Å²) in [4.78, 5) is 0.222. The molecule has 0 saturated heterocycles. The molecule has 0 aliphatic carbocycles. The Balaban J connectivity index is 2.82. The van der Waals surface area contributed by atoms with Gasteiger partial charge in [-0.15, -0.1) is 0 Å². The zero-order chi connectivity index (χ0) is 12.2. The average Bonchev–Trinajstić information content (AvgIpc) is 2.17. The lowest BCUT2D eigenvalue weighted by Crippen LogP contribution is -2.00.